The predicted molar refractivity (Wildman–Crippen MR) is 98.2 cm³/mol. The normalized spacial score (nSPS) is 9.32. The Balaban J connectivity index is 0.000000260. The minimum Gasteiger partial charge on any atom is -0.481 e. The highest BCUT2D eigenvalue weighted by Gasteiger charge is 2.07. The molecule has 0 bridgehead atoms. The van der Waals surface area contributed by atoms with E-state index in [-0.39, 0.29) is 0 Å². The number of unbranched alkanes of at least 4 members (excludes halogenated alkanes) is 1. The molecule has 0 radical (unpaired) electrons. The molecule has 0 unspecified atom stereocenters. The number of hydrogen-bond donors (Lipinski definition) is 3. The molecule has 134 valence electrons. The molecule has 25 heavy (non-hydrogen) atoms. The van der Waals surface area contributed by atoms with Crippen molar-refractivity contribution in [1.82, 2.24) is 0 Å². The third-order valence-electron chi connectivity index (χ3n) is 2.96. The average molecular weight is 344 g/mol. The second kappa shape index (κ2) is 12.4. The molecule has 0 aliphatic carbocycles. The molecule has 3 N–H and O–H groups in total. The second-order valence-corrected chi connectivity index (χ2v) is 5.13. The number of anilines is 2. The van der Waals surface area contributed by atoms with E-state index in [0.717, 1.165) is 24.2 Å². The van der Waals surface area contributed by atoms with Crippen molar-refractivity contribution in [2.24, 2.45) is 0 Å². The Morgan fingerprint density at radius 1 is 0.920 bits per heavy atom. The molecule has 2 rings (SSSR count). The molecular formula is C19H24N2O4. The minimum absolute atomic E-state index is 0.322. The number of carbonyl (C=O) groups is 2. The first-order valence-corrected chi connectivity index (χ1v) is 8.11. The van der Waals surface area contributed by atoms with Crippen molar-refractivity contribution < 1.29 is 19.4 Å². The molecular weight excluding hydrogens is 320 g/mol. The molecule has 0 aliphatic rings. The number of hydrogen-bond acceptors (Lipinski definition) is 5. The highest BCUT2D eigenvalue weighted by atomic mass is 16.5. The van der Waals surface area contributed by atoms with Gasteiger partial charge in [-0.05, 0) is 30.7 Å². The Labute approximate surface area is 147 Å². The number of rotatable bonds is 8. The fraction of sp³-hybridized carbons (Fsp3) is 0.263. The van der Waals surface area contributed by atoms with Crippen LogP contribution in [0.15, 0.2) is 60.7 Å². The van der Waals surface area contributed by atoms with E-state index in [0.29, 0.717) is 6.61 Å². The van der Waals surface area contributed by atoms with Gasteiger partial charge in [0, 0.05) is 0 Å². The fourth-order valence-corrected chi connectivity index (χ4v) is 1.69. The van der Waals surface area contributed by atoms with Gasteiger partial charge in [0.25, 0.3) is 0 Å². The van der Waals surface area contributed by atoms with E-state index in [1.54, 1.807) is 0 Å². The zero-order chi connectivity index (χ0) is 18.3. The highest BCUT2D eigenvalue weighted by molar-refractivity contribution is 5.90. The number of para-hydroxylation sites is 2. The molecule has 0 fully saturated rings. The van der Waals surface area contributed by atoms with Crippen molar-refractivity contribution in [3.63, 3.8) is 0 Å². The smallest absolute Gasteiger partial charge is 0.317 e. The molecule has 0 atom stereocenters. The number of aliphatic carboxylic acids is 1. The Morgan fingerprint density at radius 3 is 1.80 bits per heavy atom. The summed E-state index contributed by atoms with van der Waals surface area (Å²) in [4.78, 5) is 20.5. The van der Waals surface area contributed by atoms with Crippen LogP contribution in [0.1, 0.15) is 26.2 Å². The van der Waals surface area contributed by atoms with E-state index in [9.17, 15) is 9.59 Å². The van der Waals surface area contributed by atoms with Crippen molar-refractivity contribution in [2.75, 3.05) is 17.5 Å². The van der Waals surface area contributed by atoms with Gasteiger partial charge in [0.1, 0.15) is 6.42 Å². The average Bonchev–Trinajstić information content (AvgIpc) is 2.62. The Hall–Kier alpha value is -3.02. The van der Waals surface area contributed by atoms with Crippen LogP contribution in [0.2, 0.25) is 0 Å². The molecule has 0 saturated heterocycles. The van der Waals surface area contributed by atoms with Crippen LogP contribution in [0.4, 0.5) is 11.4 Å². The van der Waals surface area contributed by atoms with Crippen LogP contribution in [0.3, 0.4) is 0 Å². The fourth-order valence-electron chi connectivity index (χ4n) is 1.69. The zero-order valence-electron chi connectivity index (χ0n) is 14.3. The SMILES string of the molecule is CCCCOC(=O)CC(=O)O.c1ccc(NNc2ccccc2)cc1. The number of esters is 1. The standard InChI is InChI=1S/C12H12N2.C7H12O4/c1-3-7-11(8-4-1)13-14-12-9-5-2-6-10-12;1-2-3-4-11-7(10)5-6(8)9/h1-10,13-14H;2-5H2,1H3,(H,8,9). The molecule has 6 nitrogen and oxygen atoms in total. The van der Waals surface area contributed by atoms with Gasteiger partial charge in [-0.25, -0.2) is 0 Å². The van der Waals surface area contributed by atoms with Crippen LogP contribution in [0.5, 0.6) is 0 Å². The van der Waals surface area contributed by atoms with Gasteiger partial charge in [-0.1, -0.05) is 49.7 Å². The summed E-state index contributed by atoms with van der Waals surface area (Å²) in [6.45, 7) is 2.29. The number of hydrazine groups is 1. The molecule has 0 amide bonds. The maximum absolute atomic E-state index is 10.5. The van der Waals surface area contributed by atoms with E-state index in [1.165, 1.54) is 0 Å². The van der Waals surface area contributed by atoms with Gasteiger partial charge >= 0.3 is 11.9 Å². The van der Waals surface area contributed by atoms with E-state index < -0.39 is 18.4 Å². The Morgan fingerprint density at radius 2 is 1.40 bits per heavy atom. The summed E-state index contributed by atoms with van der Waals surface area (Å²) >= 11 is 0. The van der Waals surface area contributed by atoms with Crippen molar-refractivity contribution in [3.05, 3.63) is 60.7 Å². The molecule has 2 aromatic rings. The number of ether oxygens (including phenoxy) is 1. The predicted octanol–water partition coefficient (Wildman–Crippen LogP) is 3.93. The van der Waals surface area contributed by atoms with Gasteiger partial charge in [0.15, 0.2) is 0 Å². The topological polar surface area (TPSA) is 87.7 Å². The number of benzene rings is 2. The first-order chi connectivity index (χ1) is 12.1. The summed E-state index contributed by atoms with van der Waals surface area (Å²) < 4.78 is 4.57. The molecule has 0 aliphatic heterocycles. The third kappa shape index (κ3) is 10.4. The Kier molecular flexibility index (Phi) is 9.94. The molecule has 2 aromatic carbocycles. The van der Waals surface area contributed by atoms with Gasteiger partial charge in [-0.15, -0.1) is 0 Å². The van der Waals surface area contributed by atoms with E-state index in [1.807, 2.05) is 67.6 Å². The summed E-state index contributed by atoms with van der Waals surface area (Å²) in [7, 11) is 0. The lowest BCUT2D eigenvalue weighted by Gasteiger charge is -2.08. The maximum atomic E-state index is 10.5. The van der Waals surface area contributed by atoms with Gasteiger partial charge < -0.3 is 20.7 Å². The lowest BCUT2D eigenvalue weighted by Crippen LogP contribution is -2.10. The van der Waals surface area contributed by atoms with Crippen LogP contribution in [-0.2, 0) is 14.3 Å². The van der Waals surface area contributed by atoms with E-state index >= 15 is 0 Å². The number of carbonyl (C=O) groups excluding carboxylic acids is 1. The summed E-state index contributed by atoms with van der Waals surface area (Å²) in [5.41, 5.74) is 8.33. The quantitative estimate of drug-likeness (QED) is 0.291. The van der Waals surface area contributed by atoms with Crippen LogP contribution in [-0.4, -0.2) is 23.7 Å². The van der Waals surface area contributed by atoms with Gasteiger partial charge in [0.05, 0.1) is 18.0 Å². The largest absolute Gasteiger partial charge is 0.481 e. The summed E-state index contributed by atoms with van der Waals surface area (Å²) in [6, 6.07) is 20.0. The Bertz CT molecular complexity index is 578. The number of carboxylic acids is 1. The lowest BCUT2D eigenvalue weighted by atomic mass is 10.3. The van der Waals surface area contributed by atoms with Crippen LogP contribution >= 0.6 is 0 Å². The van der Waals surface area contributed by atoms with Crippen molar-refractivity contribution >= 4 is 23.3 Å². The molecule has 0 heterocycles. The summed E-state index contributed by atoms with van der Waals surface area (Å²) in [5.74, 6) is -1.81. The van der Waals surface area contributed by atoms with Crippen LogP contribution in [0, 0.1) is 0 Å². The second-order valence-electron chi connectivity index (χ2n) is 5.13. The molecule has 0 aromatic heterocycles. The van der Waals surface area contributed by atoms with E-state index in [2.05, 4.69) is 15.6 Å². The first-order valence-electron chi connectivity index (χ1n) is 8.11. The lowest BCUT2D eigenvalue weighted by molar-refractivity contribution is -0.151. The zero-order valence-corrected chi connectivity index (χ0v) is 14.3. The van der Waals surface area contributed by atoms with Gasteiger partial charge in [-0.3, -0.25) is 9.59 Å². The van der Waals surface area contributed by atoms with Crippen LogP contribution in [0.25, 0.3) is 0 Å². The highest BCUT2D eigenvalue weighted by Crippen LogP contribution is 2.08. The molecule has 0 spiro atoms. The first kappa shape index (κ1) is 20.0. The number of carboxylic acid groups (broad SMARTS) is 1. The van der Waals surface area contributed by atoms with Gasteiger partial charge in [-0.2, -0.15) is 0 Å². The van der Waals surface area contributed by atoms with Gasteiger partial charge in [0.2, 0.25) is 0 Å². The van der Waals surface area contributed by atoms with Crippen molar-refractivity contribution in [2.45, 2.75) is 26.2 Å². The van der Waals surface area contributed by atoms with Crippen molar-refractivity contribution in [3.8, 4) is 0 Å². The summed E-state index contributed by atoms with van der Waals surface area (Å²) in [5, 5.41) is 8.14. The molecule has 6 heteroatoms. The number of nitrogens with one attached hydrogen (secondary N) is 2. The summed E-state index contributed by atoms with van der Waals surface area (Å²) in [6.07, 6.45) is 1.18. The van der Waals surface area contributed by atoms with Crippen molar-refractivity contribution in [1.29, 1.82) is 0 Å². The maximum Gasteiger partial charge on any atom is 0.317 e. The molecule has 0 saturated carbocycles. The van der Waals surface area contributed by atoms with E-state index in [4.69, 9.17) is 5.11 Å². The third-order valence-corrected chi connectivity index (χ3v) is 2.96. The monoisotopic (exact) mass is 344 g/mol. The minimum atomic E-state index is -1.15. The van der Waals surface area contributed by atoms with Crippen LogP contribution < -0.4 is 10.9 Å².